The molecule has 3 N–H and O–H groups in total. The SMILES string of the molecule is Nc1ccc(Cn2cnc(C(=O)Nc3ccc(F)c(F)c3)c2)cc1. The molecule has 0 aliphatic carbocycles. The Bertz CT molecular complexity index is 875. The topological polar surface area (TPSA) is 72.9 Å². The number of amides is 1. The van der Waals surface area contributed by atoms with Gasteiger partial charge in [-0.05, 0) is 29.8 Å². The van der Waals surface area contributed by atoms with E-state index in [1.165, 1.54) is 12.4 Å². The standard InChI is InChI=1S/C17H14F2N4O/c18-14-6-5-13(7-15(14)19)22-17(24)16-9-23(10-21-16)8-11-1-3-12(20)4-2-11/h1-7,9-10H,8,20H2,(H,22,24). The van der Waals surface area contributed by atoms with E-state index in [1.54, 1.807) is 22.9 Å². The van der Waals surface area contributed by atoms with Gasteiger partial charge in [-0.15, -0.1) is 0 Å². The molecule has 3 aromatic rings. The van der Waals surface area contributed by atoms with Crippen molar-refractivity contribution in [1.82, 2.24) is 9.55 Å². The Morgan fingerprint density at radius 1 is 1.12 bits per heavy atom. The average molecular weight is 328 g/mol. The number of anilines is 2. The Labute approximate surface area is 136 Å². The van der Waals surface area contributed by atoms with Crippen molar-refractivity contribution < 1.29 is 13.6 Å². The molecule has 0 saturated heterocycles. The van der Waals surface area contributed by atoms with Crippen molar-refractivity contribution in [2.24, 2.45) is 0 Å². The van der Waals surface area contributed by atoms with E-state index in [-0.39, 0.29) is 11.4 Å². The molecular formula is C17H14F2N4O. The fraction of sp³-hybridized carbons (Fsp3) is 0.0588. The van der Waals surface area contributed by atoms with Gasteiger partial charge in [0, 0.05) is 30.2 Å². The van der Waals surface area contributed by atoms with Crippen LogP contribution in [0.1, 0.15) is 16.1 Å². The lowest BCUT2D eigenvalue weighted by Crippen LogP contribution is -2.12. The summed E-state index contributed by atoms with van der Waals surface area (Å²) in [4.78, 5) is 16.1. The third kappa shape index (κ3) is 3.57. The van der Waals surface area contributed by atoms with Gasteiger partial charge in [0.15, 0.2) is 11.6 Å². The van der Waals surface area contributed by atoms with E-state index < -0.39 is 17.5 Å². The van der Waals surface area contributed by atoms with Crippen LogP contribution in [0, 0.1) is 11.6 Å². The van der Waals surface area contributed by atoms with Crippen LogP contribution in [-0.2, 0) is 6.54 Å². The molecule has 0 saturated carbocycles. The zero-order valence-electron chi connectivity index (χ0n) is 12.5. The minimum atomic E-state index is -1.03. The van der Waals surface area contributed by atoms with Crippen molar-refractivity contribution in [3.8, 4) is 0 Å². The largest absolute Gasteiger partial charge is 0.399 e. The van der Waals surface area contributed by atoms with Crippen molar-refractivity contribution in [2.45, 2.75) is 6.54 Å². The number of aromatic nitrogens is 2. The predicted molar refractivity (Wildman–Crippen MR) is 86.5 cm³/mol. The Kier molecular flexibility index (Phi) is 4.24. The molecule has 24 heavy (non-hydrogen) atoms. The van der Waals surface area contributed by atoms with Crippen LogP contribution in [0.25, 0.3) is 0 Å². The van der Waals surface area contributed by atoms with E-state index in [1.807, 2.05) is 12.1 Å². The second-order valence-corrected chi connectivity index (χ2v) is 5.26. The second kappa shape index (κ2) is 6.49. The van der Waals surface area contributed by atoms with Crippen molar-refractivity contribution in [2.75, 3.05) is 11.1 Å². The maximum absolute atomic E-state index is 13.2. The first-order valence-electron chi connectivity index (χ1n) is 7.14. The third-order valence-corrected chi connectivity index (χ3v) is 3.39. The quantitative estimate of drug-likeness (QED) is 0.723. The van der Waals surface area contributed by atoms with E-state index in [9.17, 15) is 13.6 Å². The molecule has 1 aromatic heterocycles. The number of rotatable bonds is 4. The molecule has 2 aromatic carbocycles. The molecule has 0 spiro atoms. The summed E-state index contributed by atoms with van der Waals surface area (Å²) in [6.07, 6.45) is 3.10. The maximum atomic E-state index is 13.2. The zero-order chi connectivity index (χ0) is 17.1. The molecule has 0 bridgehead atoms. The van der Waals surface area contributed by atoms with Crippen LogP contribution in [0.4, 0.5) is 20.2 Å². The van der Waals surface area contributed by atoms with Gasteiger partial charge in [0.05, 0.1) is 6.33 Å². The summed E-state index contributed by atoms with van der Waals surface area (Å²) in [5.74, 6) is -2.50. The lowest BCUT2D eigenvalue weighted by Gasteiger charge is -2.04. The first kappa shape index (κ1) is 15.7. The van der Waals surface area contributed by atoms with Crippen LogP contribution >= 0.6 is 0 Å². The van der Waals surface area contributed by atoms with Crippen LogP contribution in [0.5, 0.6) is 0 Å². The van der Waals surface area contributed by atoms with Crippen molar-refractivity contribution in [3.05, 3.63) is 77.9 Å². The summed E-state index contributed by atoms with van der Waals surface area (Å²) in [6, 6.07) is 10.5. The van der Waals surface area contributed by atoms with Gasteiger partial charge >= 0.3 is 0 Å². The van der Waals surface area contributed by atoms with Gasteiger partial charge < -0.3 is 15.6 Å². The molecule has 122 valence electrons. The lowest BCUT2D eigenvalue weighted by atomic mass is 10.2. The first-order chi connectivity index (χ1) is 11.5. The number of nitrogens with one attached hydrogen (secondary N) is 1. The van der Waals surface area contributed by atoms with E-state index in [4.69, 9.17) is 5.73 Å². The van der Waals surface area contributed by atoms with Gasteiger partial charge in [-0.1, -0.05) is 12.1 Å². The molecular weight excluding hydrogens is 314 g/mol. The van der Waals surface area contributed by atoms with Crippen molar-refractivity contribution >= 4 is 17.3 Å². The van der Waals surface area contributed by atoms with Crippen LogP contribution in [-0.4, -0.2) is 15.5 Å². The summed E-state index contributed by atoms with van der Waals surface area (Å²) in [5.41, 5.74) is 7.66. The third-order valence-electron chi connectivity index (χ3n) is 3.39. The molecule has 7 heteroatoms. The van der Waals surface area contributed by atoms with E-state index in [2.05, 4.69) is 10.3 Å². The summed E-state index contributed by atoms with van der Waals surface area (Å²) in [7, 11) is 0. The van der Waals surface area contributed by atoms with Crippen LogP contribution in [0.15, 0.2) is 55.0 Å². The summed E-state index contributed by atoms with van der Waals surface area (Å²) < 4.78 is 27.8. The maximum Gasteiger partial charge on any atom is 0.275 e. The fourth-order valence-corrected chi connectivity index (χ4v) is 2.17. The number of nitrogen functional groups attached to an aromatic ring is 1. The van der Waals surface area contributed by atoms with E-state index in [0.29, 0.717) is 12.2 Å². The molecule has 3 rings (SSSR count). The number of benzene rings is 2. The molecule has 0 unspecified atom stereocenters. The first-order valence-corrected chi connectivity index (χ1v) is 7.14. The number of imidazole rings is 1. The molecule has 0 fully saturated rings. The normalized spacial score (nSPS) is 10.6. The Morgan fingerprint density at radius 3 is 2.58 bits per heavy atom. The number of carbonyl (C=O) groups is 1. The van der Waals surface area contributed by atoms with Crippen molar-refractivity contribution in [3.63, 3.8) is 0 Å². The van der Waals surface area contributed by atoms with E-state index >= 15 is 0 Å². The highest BCUT2D eigenvalue weighted by Crippen LogP contribution is 2.14. The van der Waals surface area contributed by atoms with Gasteiger partial charge in [0.2, 0.25) is 0 Å². The summed E-state index contributed by atoms with van der Waals surface area (Å²) >= 11 is 0. The Balaban J connectivity index is 1.69. The minimum Gasteiger partial charge on any atom is -0.399 e. The van der Waals surface area contributed by atoms with Gasteiger partial charge in [-0.3, -0.25) is 4.79 Å². The number of hydrogen-bond donors (Lipinski definition) is 2. The lowest BCUT2D eigenvalue weighted by molar-refractivity contribution is 0.102. The number of carbonyl (C=O) groups excluding carboxylic acids is 1. The smallest absolute Gasteiger partial charge is 0.275 e. The number of nitrogens with zero attached hydrogens (tertiary/aromatic N) is 2. The molecule has 0 aliphatic heterocycles. The Hall–Kier alpha value is -3.22. The number of nitrogens with two attached hydrogens (primary N) is 1. The summed E-state index contributed by atoms with van der Waals surface area (Å²) in [6.45, 7) is 0.533. The van der Waals surface area contributed by atoms with E-state index in [0.717, 1.165) is 17.7 Å². The highest BCUT2D eigenvalue weighted by molar-refractivity contribution is 6.02. The van der Waals surface area contributed by atoms with Crippen LogP contribution in [0.2, 0.25) is 0 Å². The summed E-state index contributed by atoms with van der Waals surface area (Å²) in [5, 5.41) is 2.47. The minimum absolute atomic E-state index is 0.159. The van der Waals surface area contributed by atoms with Crippen LogP contribution in [0.3, 0.4) is 0 Å². The van der Waals surface area contributed by atoms with Gasteiger partial charge in [-0.2, -0.15) is 0 Å². The number of halogens is 2. The van der Waals surface area contributed by atoms with Gasteiger partial charge in [0.1, 0.15) is 5.69 Å². The fourth-order valence-electron chi connectivity index (χ4n) is 2.17. The average Bonchev–Trinajstić information content (AvgIpc) is 3.02. The molecule has 1 heterocycles. The molecule has 0 radical (unpaired) electrons. The van der Waals surface area contributed by atoms with Gasteiger partial charge in [-0.25, -0.2) is 13.8 Å². The zero-order valence-corrected chi connectivity index (χ0v) is 12.5. The highest BCUT2D eigenvalue weighted by atomic mass is 19.2. The molecule has 1 amide bonds. The molecule has 0 aliphatic rings. The van der Waals surface area contributed by atoms with Gasteiger partial charge in [0.25, 0.3) is 5.91 Å². The Morgan fingerprint density at radius 2 is 1.88 bits per heavy atom. The predicted octanol–water partition coefficient (Wildman–Crippen LogP) is 3.04. The highest BCUT2D eigenvalue weighted by Gasteiger charge is 2.11. The number of hydrogen-bond acceptors (Lipinski definition) is 3. The second-order valence-electron chi connectivity index (χ2n) is 5.26. The monoisotopic (exact) mass is 328 g/mol. The van der Waals surface area contributed by atoms with Crippen LogP contribution < -0.4 is 11.1 Å². The van der Waals surface area contributed by atoms with Crippen molar-refractivity contribution in [1.29, 1.82) is 0 Å². The molecule has 5 nitrogen and oxygen atoms in total. The molecule has 0 atom stereocenters.